The normalized spacial score (nSPS) is 16.9. The molecule has 162 valence electrons. The summed E-state index contributed by atoms with van der Waals surface area (Å²) in [6.45, 7) is 1.95. The van der Waals surface area contributed by atoms with E-state index in [4.69, 9.17) is 10.2 Å². The number of hydrogen-bond donors (Lipinski definition) is 3. The molecule has 0 aliphatic carbocycles. The molecule has 1 aliphatic rings. The summed E-state index contributed by atoms with van der Waals surface area (Å²) < 4.78 is 0. The lowest BCUT2D eigenvalue weighted by molar-refractivity contribution is -0.147. The molecular weight excluding hydrogens is 394 g/mol. The first-order chi connectivity index (χ1) is 14.0. The van der Waals surface area contributed by atoms with Crippen LogP contribution < -0.4 is 5.32 Å². The van der Waals surface area contributed by atoms with Crippen LogP contribution in [0.15, 0.2) is 42.5 Å². The largest absolute Gasteiger partial charge is 0.478 e. The van der Waals surface area contributed by atoms with Crippen LogP contribution in [0.5, 0.6) is 0 Å². The third-order valence-corrected chi connectivity index (χ3v) is 4.23. The first-order valence-electron chi connectivity index (χ1n) is 9.02. The Bertz CT molecular complexity index is 805. The van der Waals surface area contributed by atoms with Gasteiger partial charge in [-0.2, -0.15) is 0 Å². The second-order valence-electron chi connectivity index (χ2n) is 6.67. The van der Waals surface area contributed by atoms with Crippen molar-refractivity contribution < 1.29 is 34.2 Å². The van der Waals surface area contributed by atoms with Crippen molar-refractivity contribution in [3.8, 4) is 0 Å². The topological polar surface area (TPSA) is 144 Å². The molecule has 0 bridgehead atoms. The smallest absolute Gasteiger partial charge is 0.328 e. The number of likely N-dealkylation sites (N-methyl/N-ethyl adjacent to an activating group) is 1. The lowest BCUT2D eigenvalue weighted by Crippen LogP contribution is -2.49. The van der Waals surface area contributed by atoms with Crippen LogP contribution in [0.4, 0.5) is 0 Å². The second kappa shape index (κ2) is 11.5. The number of nitrogens with one attached hydrogen (secondary N) is 1. The number of imide groups is 1. The van der Waals surface area contributed by atoms with E-state index in [2.05, 4.69) is 5.32 Å². The van der Waals surface area contributed by atoms with Crippen molar-refractivity contribution in [2.75, 3.05) is 14.1 Å². The van der Waals surface area contributed by atoms with E-state index in [0.29, 0.717) is 18.7 Å². The van der Waals surface area contributed by atoms with E-state index in [9.17, 15) is 24.0 Å². The molecule has 1 aliphatic heterocycles. The van der Waals surface area contributed by atoms with Gasteiger partial charge in [0.05, 0.1) is 12.5 Å². The zero-order valence-electron chi connectivity index (χ0n) is 16.9. The fourth-order valence-electron chi connectivity index (χ4n) is 2.64. The number of carbonyl (C=O) groups excluding carboxylic acids is 3. The number of carbonyl (C=O) groups is 5. The van der Waals surface area contributed by atoms with E-state index in [-0.39, 0.29) is 24.1 Å². The molecule has 10 nitrogen and oxygen atoms in total. The van der Waals surface area contributed by atoms with Crippen LogP contribution in [0.1, 0.15) is 18.9 Å². The molecule has 2 rings (SSSR count). The minimum Gasteiger partial charge on any atom is -0.478 e. The third-order valence-electron chi connectivity index (χ3n) is 4.23. The van der Waals surface area contributed by atoms with Gasteiger partial charge in [0.2, 0.25) is 17.7 Å². The maximum Gasteiger partial charge on any atom is 0.328 e. The molecule has 1 aromatic carbocycles. The Morgan fingerprint density at radius 2 is 1.67 bits per heavy atom. The molecule has 3 N–H and O–H groups in total. The molecule has 0 spiro atoms. The molecule has 2 atom stereocenters. The molecule has 1 unspecified atom stereocenters. The number of rotatable bonds is 7. The van der Waals surface area contributed by atoms with Gasteiger partial charge in [0.25, 0.3) is 0 Å². The van der Waals surface area contributed by atoms with Gasteiger partial charge in [-0.1, -0.05) is 30.3 Å². The Morgan fingerprint density at radius 1 is 1.13 bits per heavy atom. The highest BCUT2D eigenvalue weighted by molar-refractivity contribution is 6.08. The number of likely N-dealkylation sites (tertiary alicyclic amines) is 1. The zero-order valence-corrected chi connectivity index (χ0v) is 16.9. The van der Waals surface area contributed by atoms with Crippen LogP contribution >= 0.6 is 0 Å². The predicted molar refractivity (Wildman–Crippen MR) is 106 cm³/mol. The van der Waals surface area contributed by atoms with Crippen LogP contribution in [0.25, 0.3) is 0 Å². The zero-order chi connectivity index (χ0) is 22.8. The van der Waals surface area contributed by atoms with E-state index in [0.717, 1.165) is 10.5 Å². The highest BCUT2D eigenvalue weighted by Gasteiger charge is 2.43. The highest BCUT2D eigenvalue weighted by atomic mass is 16.4. The molecule has 1 aromatic rings. The van der Waals surface area contributed by atoms with Crippen LogP contribution in [-0.4, -0.2) is 75.9 Å². The van der Waals surface area contributed by atoms with Gasteiger partial charge < -0.3 is 15.5 Å². The van der Waals surface area contributed by atoms with Gasteiger partial charge in [0.15, 0.2) is 0 Å². The van der Waals surface area contributed by atoms with E-state index < -0.39 is 24.0 Å². The highest BCUT2D eigenvalue weighted by Crippen LogP contribution is 2.19. The summed E-state index contributed by atoms with van der Waals surface area (Å²) in [4.78, 5) is 58.4. The lowest BCUT2D eigenvalue weighted by atomic mass is 10.2. The van der Waals surface area contributed by atoms with Crippen molar-refractivity contribution in [2.24, 2.45) is 0 Å². The number of benzene rings is 1. The molecular formula is C20H25N3O7. The molecule has 1 heterocycles. The maximum atomic E-state index is 12.3. The number of amides is 3. The monoisotopic (exact) mass is 419 g/mol. The van der Waals surface area contributed by atoms with Crippen LogP contribution in [0.3, 0.4) is 0 Å². The number of nitrogens with zero attached hydrogens (tertiary/aromatic N) is 2. The second-order valence-corrected chi connectivity index (χ2v) is 6.67. The van der Waals surface area contributed by atoms with Crippen molar-refractivity contribution in [1.29, 1.82) is 0 Å². The van der Waals surface area contributed by atoms with E-state index in [1.807, 2.05) is 30.3 Å². The Balaban J connectivity index is 0.000000479. The molecule has 0 aromatic heterocycles. The molecule has 0 saturated carbocycles. The fraction of sp³-hybridized carbons (Fsp3) is 0.350. The van der Waals surface area contributed by atoms with Crippen molar-refractivity contribution >= 4 is 29.7 Å². The number of carboxylic acid groups (broad SMARTS) is 2. The van der Waals surface area contributed by atoms with Crippen molar-refractivity contribution in [3.63, 3.8) is 0 Å². The Morgan fingerprint density at radius 3 is 2.10 bits per heavy atom. The minimum atomic E-state index is -1.26. The molecule has 0 radical (unpaired) electrons. The summed E-state index contributed by atoms with van der Waals surface area (Å²) in [5, 5.41) is 18.4. The van der Waals surface area contributed by atoms with Gasteiger partial charge in [0, 0.05) is 18.7 Å². The van der Waals surface area contributed by atoms with Crippen molar-refractivity contribution in [1.82, 2.24) is 15.1 Å². The van der Waals surface area contributed by atoms with Gasteiger partial charge in [-0.15, -0.1) is 0 Å². The maximum absolute atomic E-state index is 12.3. The summed E-state index contributed by atoms with van der Waals surface area (Å²) in [6.07, 6.45) is 1.24. The van der Waals surface area contributed by atoms with Crippen molar-refractivity contribution in [3.05, 3.63) is 48.0 Å². The van der Waals surface area contributed by atoms with Crippen LogP contribution in [0.2, 0.25) is 0 Å². The summed E-state index contributed by atoms with van der Waals surface area (Å²) in [6, 6.07) is 8.21. The summed E-state index contributed by atoms with van der Waals surface area (Å²) in [5.74, 6) is -3.45. The number of carboxylic acids is 2. The van der Waals surface area contributed by atoms with E-state index >= 15 is 0 Å². The van der Waals surface area contributed by atoms with Gasteiger partial charge in [-0.3, -0.25) is 24.2 Å². The van der Waals surface area contributed by atoms with Gasteiger partial charge in [-0.25, -0.2) is 9.59 Å². The van der Waals surface area contributed by atoms with Crippen LogP contribution in [0, 0.1) is 0 Å². The molecule has 30 heavy (non-hydrogen) atoms. The minimum absolute atomic E-state index is 0.127. The average Bonchev–Trinajstić information content (AvgIpc) is 2.99. The van der Waals surface area contributed by atoms with Gasteiger partial charge in [-0.05, 0) is 26.6 Å². The number of hydrogen-bond acceptors (Lipinski definition) is 6. The predicted octanol–water partition coefficient (Wildman–Crippen LogP) is 0.0922. The molecule has 1 saturated heterocycles. The Kier molecular flexibility index (Phi) is 9.37. The molecule has 1 fully saturated rings. The molecule has 10 heteroatoms. The third kappa shape index (κ3) is 7.47. The summed E-state index contributed by atoms with van der Waals surface area (Å²) in [5.41, 5.74) is 0.966. The quantitative estimate of drug-likeness (QED) is 0.417. The van der Waals surface area contributed by atoms with Gasteiger partial charge >= 0.3 is 11.9 Å². The SMILES string of the molecule is C[C@@H](C(=O)NCc1ccccc1)N1C(=O)CC(N(C)C)C1=O.O=C(O)/C=C/C(=O)O. The summed E-state index contributed by atoms with van der Waals surface area (Å²) in [7, 11) is 3.50. The Labute approximate surface area is 173 Å². The average molecular weight is 419 g/mol. The van der Waals surface area contributed by atoms with Gasteiger partial charge in [0.1, 0.15) is 6.04 Å². The number of aliphatic carboxylic acids is 2. The van der Waals surface area contributed by atoms with E-state index in [1.54, 1.807) is 25.9 Å². The fourth-order valence-corrected chi connectivity index (χ4v) is 2.64. The lowest BCUT2D eigenvalue weighted by Gasteiger charge is -2.23. The Hall–Kier alpha value is -3.53. The van der Waals surface area contributed by atoms with E-state index in [1.165, 1.54) is 0 Å². The first kappa shape index (κ1) is 24.5. The summed E-state index contributed by atoms with van der Waals surface area (Å²) >= 11 is 0. The standard InChI is InChI=1S/C16H21N3O3.C4H4O4/c1-11(15(21)17-10-12-7-5-4-6-8-12)19-14(20)9-13(16(19)22)18(2)3;5-3(6)1-2-4(7)8/h4-8,11,13H,9-10H2,1-3H3,(H,17,21);1-2H,(H,5,6)(H,7,8)/b;2-1+/t11-,13?;/m0./s1. The first-order valence-corrected chi connectivity index (χ1v) is 9.02. The van der Waals surface area contributed by atoms with Crippen LogP contribution in [-0.2, 0) is 30.5 Å². The van der Waals surface area contributed by atoms with Crippen molar-refractivity contribution in [2.45, 2.75) is 32.0 Å². The molecule has 3 amide bonds.